The van der Waals surface area contributed by atoms with E-state index in [9.17, 15) is 0 Å². The minimum Gasteiger partial charge on any atom is -0.369 e. The molecule has 20 heavy (non-hydrogen) atoms. The zero-order valence-electron chi connectivity index (χ0n) is 12.0. The van der Waals surface area contributed by atoms with Gasteiger partial charge in [0.25, 0.3) is 0 Å². The molecule has 0 amide bonds. The fourth-order valence-corrected chi connectivity index (χ4v) is 2.61. The van der Waals surface area contributed by atoms with Crippen molar-refractivity contribution in [3.8, 4) is 0 Å². The minimum absolute atomic E-state index is 0.807. The number of anilines is 2. The Kier molecular flexibility index (Phi) is 4.95. The van der Waals surface area contributed by atoms with Crippen molar-refractivity contribution in [3.63, 3.8) is 0 Å². The molecule has 0 saturated heterocycles. The normalized spacial score (nSPS) is 10.4. The van der Waals surface area contributed by atoms with Crippen LogP contribution in [0.3, 0.4) is 0 Å². The summed E-state index contributed by atoms with van der Waals surface area (Å²) in [6.45, 7) is 5.78. The molecule has 0 unspecified atom stereocenters. The van der Waals surface area contributed by atoms with Crippen LogP contribution in [0.2, 0.25) is 0 Å². The van der Waals surface area contributed by atoms with Crippen LogP contribution in [0, 0.1) is 6.92 Å². The lowest BCUT2D eigenvalue weighted by molar-refractivity contribution is 0.885. The Bertz CT molecular complexity index is 569. The highest BCUT2D eigenvalue weighted by molar-refractivity contribution is 9.10. The summed E-state index contributed by atoms with van der Waals surface area (Å²) in [5.74, 6) is 1.71. The number of aromatic nitrogens is 2. The van der Waals surface area contributed by atoms with Crippen LogP contribution in [0.25, 0.3) is 0 Å². The van der Waals surface area contributed by atoms with Crippen LogP contribution < -0.4 is 10.2 Å². The van der Waals surface area contributed by atoms with Crippen LogP contribution in [-0.2, 0) is 6.54 Å². The highest BCUT2D eigenvalue weighted by atomic mass is 79.9. The van der Waals surface area contributed by atoms with Crippen molar-refractivity contribution >= 4 is 27.6 Å². The Morgan fingerprint density at radius 2 is 1.90 bits per heavy atom. The van der Waals surface area contributed by atoms with Gasteiger partial charge in [0.15, 0.2) is 0 Å². The van der Waals surface area contributed by atoms with Crippen molar-refractivity contribution in [2.45, 2.75) is 20.4 Å². The third-order valence-corrected chi connectivity index (χ3v) is 3.75. The smallest absolute Gasteiger partial charge is 0.148 e. The van der Waals surface area contributed by atoms with Crippen molar-refractivity contribution in [1.82, 2.24) is 9.97 Å². The summed E-state index contributed by atoms with van der Waals surface area (Å²) >= 11 is 3.58. The molecule has 106 valence electrons. The minimum atomic E-state index is 0.807. The average molecular weight is 335 g/mol. The maximum atomic E-state index is 4.36. The van der Waals surface area contributed by atoms with Gasteiger partial charge in [0.05, 0.1) is 0 Å². The van der Waals surface area contributed by atoms with Crippen LogP contribution in [0.15, 0.2) is 35.1 Å². The van der Waals surface area contributed by atoms with Gasteiger partial charge in [-0.25, -0.2) is 9.97 Å². The van der Waals surface area contributed by atoms with Crippen molar-refractivity contribution < 1.29 is 0 Å². The van der Waals surface area contributed by atoms with E-state index < -0.39 is 0 Å². The standard InChI is InChI=1S/C15H19BrN4/c1-4-17-14-13(16)15(19-10-18-14)20(3)9-12-7-5-11(2)6-8-12/h5-8,10H,4,9H2,1-3H3,(H,17,18,19). The summed E-state index contributed by atoms with van der Waals surface area (Å²) in [4.78, 5) is 10.7. The highest BCUT2D eigenvalue weighted by Crippen LogP contribution is 2.29. The first-order valence-corrected chi connectivity index (χ1v) is 7.42. The Morgan fingerprint density at radius 1 is 1.20 bits per heavy atom. The molecular formula is C15H19BrN4. The van der Waals surface area contributed by atoms with E-state index in [1.807, 2.05) is 14.0 Å². The van der Waals surface area contributed by atoms with Crippen LogP contribution >= 0.6 is 15.9 Å². The molecule has 0 atom stereocenters. The lowest BCUT2D eigenvalue weighted by Crippen LogP contribution is -2.19. The second-order valence-electron chi connectivity index (χ2n) is 4.73. The van der Waals surface area contributed by atoms with E-state index in [0.717, 1.165) is 29.2 Å². The Labute approximate surface area is 128 Å². The van der Waals surface area contributed by atoms with E-state index in [0.29, 0.717) is 0 Å². The molecule has 0 radical (unpaired) electrons. The first-order valence-electron chi connectivity index (χ1n) is 6.63. The van der Waals surface area contributed by atoms with Gasteiger partial charge in [-0.15, -0.1) is 0 Å². The second kappa shape index (κ2) is 6.70. The van der Waals surface area contributed by atoms with Crippen molar-refractivity contribution in [1.29, 1.82) is 0 Å². The van der Waals surface area contributed by atoms with Gasteiger partial charge < -0.3 is 10.2 Å². The summed E-state index contributed by atoms with van der Waals surface area (Å²) in [5.41, 5.74) is 2.53. The quantitative estimate of drug-likeness (QED) is 0.906. The zero-order chi connectivity index (χ0) is 14.5. The number of halogens is 1. The fraction of sp³-hybridized carbons (Fsp3) is 0.333. The number of aryl methyl sites for hydroxylation is 1. The average Bonchev–Trinajstić information content (AvgIpc) is 2.44. The molecule has 1 N–H and O–H groups in total. The number of hydrogen-bond acceptors (Lipinski definition) is 4. The van der Waals surface area contributed by atoms with Gasteiger partial charge in [-0.2, -0.15) is 0 Å². The summed E-state index contributed by atoms with van der Waals surface area (Å²) < 4.78 is 0.900. The Morgan fingerprint density at radius 3 is 2.55 bits per heavy atom. The molecule has 5 heteroatoms. The van der Waals surface area contributed by atoms with Crippen molar-refractivity contribution in [2.75, 3.05) is 23.8 Å². The first-order chi connectivity index (χ1) is 9.61. The molecule has 4 nitrogen and oxygen atoms in total. The monoisotopic (exact) mass is 334 g/mol. The van der Waals surface area contributed by atoms with Crippen LogP contribution in [0.5, 0.6) is 0 Å². The molecule has 0 bridgehead atoms. The number of rotatable bonds is 5. The summed E-state index contributed by atoms with van der Waals surface area (Å²) in [5, 5.41) is 3.22. The zero-order valence-corrected chi connectivity index (χ0v) is 13.6. The van der Waals surface area contributed by atoms with Gasteiger partial charge in [0.2, 0.25) is 0 Å². The molecule has 0 saturated carbocycles. The molecular weight excluding hydrogens is 316 g/mol. The van der Waals surface area contributed by atoms with Crippen molar-refractivity contribution in [2.24, 2.45) is 0 Å². The van der Waals surface area contributed by atoms with Crippen LogP contribution in [0.1, 0.15) is 18.1 Å². The number of nitrogens with one attached hydrogen (secondary N) is 1. The third-order valence-electron chi connectivity index (χ3n) is 3.02. The molecule has 0 fully saturated rings. The summed E-state index contributed by atoms with van der Waals surface area (Å²) in [6.07, 6.45) is 1.59. The third kappa shape index (κ3) is 3.48. The van der Waals surface area contributed by atoms with E-state index >= 15 is 0 Å². The molecule has 0 spiro atoms. The molecule has 0 aliphatic rings. The number of benzene rings is 1. The highest BCUT2D eigenvalue weighted by Gasteiger charge is 2.12. The summed E-state index contributed by atoms with van der Waals surface area (Å²) in [7, 11) is 2.03. The molecule has 2 rings (SSSR count). The molecule has 1 aromatic carbocycles. The van der Waals surface area contributed by atoms with E-state index in [-0.39, 0.29) is 0 Å². The molecule has 1 aromatic heterocycles. The lowest BCUT2D eigenvalue weighted by atomic mass is 10.1. The van der Waals surface area contributed by atoms with Gasteiger partial charge in [-0.1, -0.05) is 29.8 Å². The van der Waals surface area contributed by atoms with Gasteiger partial charge in [0.1, 0.15) is 22.4 Å². The largest absolute Gasteiger partial charge is 0.369 e. The second-order valence-corrected chi connectivity index (χ2v) is 5.52. The maximum absolute atomic E-state index is 4.36. The fourth-order valence-electron chi connectivity index (χ4n) is 1.96. The first kappa shape index (κ1) is 14.8. The topological polar surface area (TPSA) is 41.1 Å². The SMILES string of the molecule is CCNc1ncnc(N(C)Cc2ccc(C)cc2)c1Br. The maximum Gasteiger partial charge on any atom is 0.148 e. The van der Waals surface area contributed by atoms with Gasteiger partial charge in [0, 0.05) is 20.1 Å². The van der Waals surface area contributed by atoms with Gasteiger partial charge in [-0.3, -0.25) is 0 Å². The predicted molar refractivity (Wildman–Crippen MR) is 87.2 cm³/mol. The molecule has 0 aliphatic carbocycles. The van der Waals surface area contributed by atoms with Gasteiger partial charge in [-0.05, 0) is 35.3 Å². The van der Waals surface area contributed by atoms with E-state index in [2.05, 4.69) is 67.3 Å². The van der Waals surface area contributed by atoms with E-state index in [1.165, 1.54) is 11.1 Å². The number of hydrogen-bond donors (Lipinski definition) is 1. The number of nitrogens with zero attached hydrogens (tertiary/aromatic N) is 3. The predicted octanol–water partition coefficient (Wildman–Crippen LogP) is 3.62. The Balaban J connectivity index is 2.18. The Hall–Kier alpha value is -1.62. The van der Waals surface area contributed by atoms with Crippen molar-refractivity contribution in [3.05, 3.63) is 46.2 Å². The molecule has 1 heterocycles. The van der Waals surface area contributed by atoms with Crippen LogP contribution in [0.4, 0.5) is 11.6 Å². The lowest BCUT2D eigenvalue weighted by Gasteiger charge is -2.20. The molecule has 0 aliphatic heterocycles. The van der Waals surface area contributed by atoms with E-state index in [4.69, 9.17) is 0 Å². The van der Waals surface area contributed by atoms with E-state index in [1.54, 1.807) is 6.33 Å². The van der Waals surface area contributed by atoms with Gasteiger partial charge >= 0.3 is 0 Å². The molecule has 2 aromatic rings. The summed E-state index contributed by atoms with van der Waals surface area (Å²) in [6, 6.07) is 8.54. The van der Waals surface area contributed by atoms with Crippen LogP contribution in [-0.4, -0.2) is 23.6 Å².